The summed E-state index contributed by atoms with van der Waals surface area (Å²) in [6.07, 6.45) is -2.50. The van der Waals surface area contributed by atoms with Gasteiger partial charge in [-0.3, -0.25) is 0 Å². The maximum absolute atomic E-state index is 11.8. The highest BCUT2D eigenvalue weighted by atomic mass is 19.3. The number of alkyl halides is 2. The molecule has 1 heterocycles. The maximum atomic E-state index is 11.8. The number of aromatic nitrogens is 3. The van der Waals surface area contributed by atoms with Gasteiger partial charge in [-0.2, -0.15) is 0 Å². The van der Waals surface area contributed by atoms with E-state index in [0.717, 1.165) is 4.57 Å². The van der Waals surface area contributed by atoms with Gasteiger partial charge in [-0.15, -0.1) is 0 Å². The van der Waals surface area contributed by atoms with Crippen LogP contribution in [0.5, 0.6) is 5.75 Å². The first kappa shape index (κ1) is 15.0. The Balaban J connectivity index is 1.91. The molecule has 0 aliphatic carbocycles. The third kappa shape index (κ3) is 4.02. The van der Waals surface area contributed by atoms with E-state index < -0.39 is 24.4 Å². The average Bonchev–Trinajstić information content (AvgIpc) is 2.78. The molecule has 0 spiro atoms. The SMILES string of the molecule is O=c1[nH][nH]c(=O)n1-c1ccc(OCCOCC(F)F)cc1. The van der Waals surface area contributed by atoms with E-state index in [1.165, 1.54) is 12.1 Å². The van der Waals surface area contributed by atoms with Gasteiger partial charge in [-0.25, -0.2) is 33.1 Å². The minimum absolute atomic E-state index is 0.0447. The van der Waals surface area contributed by atoms with E-state index in [1.54, 1.807) is 12.1 Å². The zero-order valence-electron chi connectivity index (χ0n) is 10.8. The van der Waals surface area contributed by atoms with Crippen LogP contribution in [0.1, 0.15) is 0 Å². The van der Waals surface area contributed by atoms with Crippen LogP contribution in [-0.2, 0) is 4.74 Å². The minimum atomic E-state index is -2.50. The van der Waals surface area contributed by atoms with E-state index in [4.69, 9.17) is 4.74 Å². The molecule has 0 fully saturated rings. The van der Waals surface area contributed by atoms with Gasteiger partial charge in [0, 0.05) is 0 Å². The lowest BCUT2D eigenvalue weighted by molar-refractivity contribution is 0.00763. The molecule has 0 saturated heterocycles. The van der Waals surface area contributed by atoms with Crippen molar-refractivity contribution in [3.05, 3.63) is 45.2 Å². The summed E-state index contributed by atoms with van der Waals surface area (Å²) in [5, 5.41) is 4.34. The van der Waals surface area contributed by atoms with Gasteiger partial charge in [0.05, 0.1) is 12.3 Å². The van der Waals surface area contributed by atoms with Gasteiger partial charge in [0.15, 0.2) is 0 Å². The predicted molar refractivity (Wildman–Crippen MR) is 69.3 cm³/mol. The summed E-state index contributed by atoms with van der Waals surface area (Å²) in [5.41, 5.74) is -0.771. The largest absolute Gasteiger partial charge is 0.491 e. The van der Waals surface area contributed by atoms with E-state index in [9.17, 15) is 18.4 Å². The van der Waals surface area contributed by atoms with Gasteiger partial charge in [-0.1, -0.05) is 0 Å². The van der Waals surface area contributed by atoms with Crippen LogP contribution in [0.4, 0.5) is 8.78 Å². The number of nitrogens with one attached hydrogen (secondary N) is 2. The van der Waals surface area contributed by atoms with Crippen LogP contribution < -0.4 is 16.1 Å². The standard InChI is InChI=1S/C12H13F2N3O4/c13-10(14)7-20-5-6-21-9-3-1-8(2-4-9)17-11(18)15-16-12(17)19/h1-4,10H,5-7H2,(H,15,18)(H,16,19). The third-order valence-electron chi connectivity index (χ3n) is 2.52. The van der Waals surface area contributed by atoms with Crippen LogP contribution >= 0.6 is 0 Å². The van der Waals surface area contributed by atoms with Gasteiger partial charge in [-0.05, 0) is 24.3 Å². The highest BCUT2D eigenvalue weighted by Gasteiger charge is 2.06. The average molecular weight is 301 g/mol. The zero-order valence-corrected chi connectivity index (χ0v) is 10.8. The summed E-state index contributed by atoms with van der Waals surface area (Å²) in [6, 6.07) is 6.17. The first-order chi connectivity index (χ1) is 10.1. The van der Waals surface area contributed by atoms with E-state index in [2.05, 4.69) is 14.9 Å². The van der Waals surface area contributed by atoms with Crippen molar-refractivity contribution < 1.29 is 18.3 Å². The van der Waals surface area contributed by atoms with Crippen molar-refractivity contribution in [1.82, 2.24) is 14.8 Å². The van der Waals surface area contributed by atoms with Crippen molar-refractivity contribution in [3.63, 3.8) is 0 Å². The second kappa shape index (κ2) is 6.84. The van der Waals surface area contributed by atoms with Crippen molar-refractivity contribution in [1.29, 1.82) is 0 Å². The van der Waals surface area contributed by atoms with Crippen LogP contribution in [0.3, 0.4) is 0 Å². The Hall–Kier alpha value is -2.42. The second-order valence-corrected chi connectivity index (χ2v) is 4.00. The maximum Gasteiger partial charge on any atom is 0.348 e. The van der Waals surface area contributed by atoms with Gasteiger partial charge in [0.1, 0.15) is 19.0 Å². The quantitative estimate of drug-likeness (QED) is 0.729. The van der Waals surface area contributed by atoms with Crippen molar-refractivity contribution in [2.45, 2.75) is 6.43 Å². The molecular formula is C12H13F2N3O4. The molecule has 114 valence electrons. The van der Waals surface area contributed by atoms with Crippen LogP contribution in [0.25, 0.3) is 5.69 Å². The lowest BCUT2D eigenvalue weighted by Gasteiger charge is -2.07. The van der Waals surface area contributed by atoms with Crippen LogP contribution in [-0.4, -0.2) is 41.0 Å². The molecule has 0 unspecified atom stereocenters. The molecule has 2 rings (SSSR count). The van der Waals surface area contributed by atoms with E-state index in [-0.39, 0.29) is 13.2 Å². The number of halogens is 2. The van der Waals surface area contributed by atoms with Crippen molar-refractivity contribution in [3.8, 4) is 11.4 Å². The summed E-state index contributed by atoms with van der Waals surface area (Å²) in [6.45, 7) is -0.457. The lowest BCUT2D eigenvalue weighted by Crippen LogP contribution is -2.24. The number of rotatable bonds is 7. The lowest BCUT2D eigenvalue weighted by atomic mass is 10.3. The van der Waals surface area contributed by atoms with Gasteiger partial charge in [0.25, 0.3) is 6.43 Å². The Morgan fingerprint density at radius 1 is 1.05 bits per heavy atom. The molecule has 1 aromatic carbocycles. The second-order valence-electron chi connectivity index (χ2n) is 4.00. The number of benzene rings is 1. The first-order valence-electron chi connectivity index (χ1n) is 6.07. The molecule has 1 aromatic heterocycles. The topological polar surface area (TPSA) is 89.1 Å². The first-order valence-corrected chi connectivity index (χ1v) is 6.07. The number of ether oxygens (including phenoxy) is 2. The summed E-state index contributed by atoms with van der Waals surface area (Å²) < 4.78 is 34.5. The summed E-state index contributed by atoms with van der Waals surface area (Å²) in [4.78, 5) is 22.8. The molecular weight excluding hydrogens is 288 g/mol. The molecule has 2 N–H and O–H groups in total. The molecule has 7 nitrogen and oxygen atoms in total. The smallest absolute Gasteiger partial charge is 0.348 e. The number of H-pyrrole nitrogens is 2. The van der Waals surface area contributed by atoms with Gasteiger partial charge < -0.3 is 9.47 Å². The molecule has 9 heteroatoms. The number of hydrogen-bond acceptors (Lipinski definition) is 4. The van der Waals surface area contributed by atoms with E-state index >= 15 is 0 Å². The highest BCUT2D eigenvalue weighted by Crippen LogP contribution is 2.13. The molecule has 0 bridgehead atoms. The fourth-order valence-electron chi connectivity index (χ4n) is 1.63. The Morgan fingerprint density at radius 3 is 2.24 bits per heavy atom. The molecule has 0 radical (unpaired) electrons. The molecule has 0 saturated carbocycles. The summed E-state index contributed by atoms with van der Waals surface area (Å²) >= 11 is 0. The van der Waals surface area contributed by atoms with E-state index in [0.29, 0.717) is 11.4 Å². The molecule has 0 atom stereocenters. The van der Waals surface area contributed by atoms with Crippen LogP contribution in [0.15, 0.2) is 33.9 Å². The third-order valence-corrected chi connectivity index (χ3v) is 2.52. The van der Waals surface area contributed by atoms with Crippen molar-refractivity contribution in [2.75, 3.05) is 19.8 Å². The monoisotopic (exact) mass is 301 g/mol. The molecule has 2 aromatic rings. The molecule has 21 heavy (non-hydrogen) atoms. The Bertz CT molecular complexity index is 647. The zero-order chi connectivity index (χ0) is 15.2. The fourth-order valence-corrected chi connectivity index (χ4v) is 1.63. The van der Waals surface area contributed by atoms with E-state index in [1.807, 2.05) is 0 Å². The summed E-state index contributed by atoms with van der Waals surface area (Å²) in [5.74, 6) is 0.472. The Labute approximate surface area is 117 Å². The number of hydrogen-bond donors (Lipinski definition) is 2. The number of nitrogens with zero attached hydrogens (tertiary/aromatic N) is 1. The van der Waals surface area contributed by atoms with Gasteiger partial charge >= 0.3 is 11.4 Å². The van der Waals surface area contributed by atoms with Gasteiger partial charge in [0.2, 0.25) is 0 Å². The fraction of sp³-hybridized carbons (Fsp3) is 0.333. The summed E-state index contributed by atoms with van der Waals surface area (Å²) in [7, 11) is 0. The molecule has 0 amide bonds. The Morgan fingerprint density at radius 2 is 1.67 bits per heavy atom. The predicted octanol–water partition coefficient (Wildman–Crippen LogP) is 0.514. The van der Waals surface area contributed by atoms with Crippen molar-refractivity contribution >= 4 is 0 Å². The molecule has 0 aliphatic rings. The highest BCUT2D eigenvalue weighted by molar-refractivity contribution is 5.36. The Kier molecular flexibility index (Phi) is 4.88. The van der Waals surface area contributed by atoms with Crippen LogP contribution in [0, 0.1) is 0 Å². The van der Waals surface area contributed by atoms with Crippen LogP contribution in [0.2, 0.25) is 0 Å². The number of aromatic amines is 2. The minimum Gasteiger partial charge on any atom is -0.491 e. The normalized spacial score (nSPS) is 11.0. The molecule has 0 aliphatic heterocycles. The van der Waals surface area contributed by atoms with Crippen molar-refractivity contribution in [2.24, 2.45) is 0 Å².